The van der Waals surface area contributed by atoms with Gasteiger partial charge in [-0.15, -0.1) is 0 Å². The lowest BCUT2D eigenvalue weighted by Gasteiger charge is -2.37. The molecule has 1 saturated heterocycles. The van der Waals surface area contributed by atoms with Crippen molar-refractivity contribution in [3.63, 3.8) is 0 Å². The molecule has 0 bridgehead atoms. The molecular weight excluding hydrogens is 374 g/mol. The molecule has 0 saturated carbocycles. The number of carbonyl (C=O) groups is 2. The lowest BCUT2D eigenvalue weighted by Crippen LogP contribution is -2.49. The molecule has 30 heavy (non-hydrogen) atoms. The van der Waals surface area contributed by atoms with Gasteiger partial charge in [0.15, 0.2) is 0 Å². The van der Waals surface area contributed by atoms with E-state index in [0.29, 0.717) is 12.0 Å². The zero-order chi connectivity index (χ0) is 21.7. The molecule has 2 amide bonds. The molecule has 0 spiro atoms. The summed E-state index contributed by atoms with van der Waals surface area (Å²) in [7, 11) is 0. The Labute approximate surface area is 180 Å². The first kappa shape index (κ1) is 21.9. The number of carbonyl (C=O) groups excluding carboxylic acids is 2. The van der Waals surface area contributed by atoms with Crippen molar-refractivity contribution in [2.24, 2.45) is 5.41 Å². The van der Waals surface area contributed by atoms with Crippen LogP contribution >= 0.6 is 0 Å². The molecule has 160 valence electrons. The first-order valence-corrected chi connectivity index (χ1v) is 10.8. The highest BCUT2D eigenvalue weighted by atomic mass is 16.2. The van der Waals surface area contributed by atoms with Crippen LogP contribution in [0.4, 0.5) is 11.4 Å². The molecule has 1 aliphatic rings. The third-order valence-corrected chi connectivity index (χ3v) is 5.43. The summed E-state index contributed by atoms with van der Waals surface area (Å²) in [5, 5.41) is 2.96. The first-order valence-electron chi connectivity index (χ1n) is 10.8. The molecule has 3 rings (SSSR count). The molecule has 0 unspecified atom stereocenters. The summed E-state index contributed by atoms with van der Waals surface area (Å²) in [6.07, 6.45) is 1.55. The minimum atomic E-state index is -0.101. The lowest BCUT2D eigenvalue weighted by atomic mass is 9.91. The average molecular weight is 408 g/mol. The van der Waals surface area contributed by atoms with E-state index in [9.17, 15) is 9.59 Å². The highest BCUT2D eigenvalue weighted by Crippen LogP contribution is 2.23. The van der Waals surface area contributed by atoms with Crippen molar-refractivity contribution < 1.29 is 9.59 Å². The van der Waals surface area contributed by atoms with E-state index in [1.165, 1.54) is 5.56 Å². The minimum Gasteiger partial charge on any atom is -0.368 e. The van der Waals surface area contributed by atoms with Gasteiger partial charge in [0.25, 0.3) is 5.91 Å². The third-order valence-electron chi connectivity index (χ3n) is 5.43. The Morgan fingerprint density at radius 3 is 2.03 bits per heavy atom. The Kier molecular flexibility index (Phi) is 6.80. The zero-order valence-corrected chi connectivity index (χ0v) is 18.6. The SMILES string of the molecule is CCc1ccc(C(=O)Nc2ccc(N3CCN(C(=O)CC(C)(C)C)CC3)cc2)cc1. The van der Waals surface area contributed by atoms with Crippen molar-refractivity contribution in [3.8, 4) is 0 Å². The molecule has 0 aliphatic carbocycles. The molecule has 2 aromatic rings. The third kappa shape index (κ3) is 5.85. The van der Waals surface area contributed by atoms with E-state index in [4.69, 9.17) is 0 Å². The summed E-state index contributed by atoms with van der Waals surface area (Å²) < 4.78 is 0. The molecular formula is C25H33N3O2. The van der Waals surface area contributed by atoms with Gasteiger partial charge in [-0.3, -0.25) is 9.59 Å². The maximum atomic E-state index is 12.4. The largest absolute Gasteiger partial charge is 0.368 e. The summed E-state index contributed by atoms with van der Waals surface area (Å²) in [6, 6.07) is 15.6. The second kappa shape index (κ2) is 9.33. The van der Waals surface area contributed by atoms with Gasteiger partial charge in [0.2, 0.25) is 5.91 Å². The molecule has 1 fully saturated rings. The minimum absolute atomic E-state index is 0.0204. The molecule has 1 N–H and O–H groups in total. The number of anilines is 2. The molecule has 1 aliphatic heterocycles. The summed E-state index contributed by atoms with van der Waals surface area (Å²) in [6.45, 7) is 11.5. The van der Waals surface area contributed by atoms with Crippen LogP contribution in [0.2, 0.25) is 0 Å². The molecule has 1 heterocycles. The van der Waals surface area contributed by atoms with Crippen LogP contribution < -0.4 is 10.2 Å². The van der Waals surface area contributed by atoms with Crippen molar-refractivity contribution in [1.29, 1.82) is 0 Å². The summed E-state index contributed by atoms with van der Waals surface area (Å²) >= 11 is 0. The molecule has 0 aromatic heterocycles. The fourth-order valence-electron chi connectivity index (χ4n) is 3.63. The van der Waals surface area contributed by atoms with Crippen molar-refractivity contribution in [2.75, 3.05) is 36.4 Å². The summed E-state index contributed by atoms with van der Waals surface area (Å²) in [5.74, 6) is 0.142. The predicted molar refractivity (Wildman–Crippen MR) is 123 cm³/mol. The fourth-order valence-corrected chi connectivity index (χ4v) is 3.63. The Morgan fingerprint density at radius 2 is 1.50 bits per heavy atom. The second-order valence-corrected chi connectivity index (χ2v) is 9.16. The average Bonchev–Trinajstić information content (AvgIpc) is 2.73. The predicted octanol–water partition coefficient (Wildman–Crippen LogP) is 4.59. The van der Waals surface area contributed by atoms with Crippen LogP contribution in [-0.4, -0.2) is 42.9 Å². The van der Waals surface area contributed by atoms with Gasteiger partial charge in [-0.2, -0.15) is 0 Å². The van der Waals surface area contributed by atoms with Crippen LogP contribution in [0.5, 0.6) is 0 Å². The molecule has 5 nitrogen and oxygen atoms in total. The van der Waals surface area contributed by atoms with Crippen molar-refractivity contribution in [3.05, 3.63) is 59.7 Å². The van der Waals surface area contributed by atoms with Crippen LogP contribution in [0, 0.1) is 5.41 Å². The smallest absolute Gasteiger partial charge is 0.255 e. The van der Waals surface area contributed by atoms with Gasteiger partial charge in [-0.1, -0.05) is 39.8 Å². The van der Waals surface area contributed by atoms with E-state index in [1.807, 2.05) is 53.4 Å². The van der Waals surface area contributed by atoms with Crippen molar-refractivity contribution in [1.82, 2.24) is 4.90 Å². The fraction of sp³-hybridized carbons (Fsp3) is 0.440. The number of hydrogen-bond donors (Lipinski definition) is 1. The van der Waals surface area contributed by atoms with Gasteiger partial charge in [0.05, 0.1) is 0 Å². The first-order chi connectivity index (χ1) is 14.2. The molecule has 0 atom stereocenters. The van der Waals surface area contributed by atoms with Gasteiger partial charge < -0.3 is 15.1 Å². The number of aryl methyl sites for hydroxylation is 1. The highest BCUT2D eigenvalue weighted by Gasteiger charge is 2.24. The van der Waals surface area contributed by atoms with Gasteiger partial charge >= 0.3 is 0 Å². The van der Waals surface area contributed by atoms with Gasteiger partial charge in [-0.05, 0) is 53.8 Å². The summed E-state index contributed by atoms with van der Waals surface area (Å²) in [4.78, 5) is 29.1. The topological polar surface area (TPSA) is 52.7 Å². The number of rotatable bonds is 5. The lowest BCUT2D eigenvalue weighted by molar-refractivity contribution is -0.133. The van der Waals surface area contributed by atoms with Gasteiger partial charge in [0, 0.05) is 49.5 Å². The normalized spacial score (nSPS) is 14.5. The Hall–Kier alpha value is -2.82. The van der Waals surface area contributed by atoms with E-state index in [0.717, 1.165) is 44.0 Å². The standard InChI is InChI=1S/C25H33N3O2/c1-5-19-6-8-20(9-7-19)24(30)26-21-10-12-22(13-11-21)27-14-16-28(17-15-27)23(29)18-25(2,3)4/h6-13H,5,14-18H2,1-4H3,(H,26,30). The van der Waals surface area contributed by atoms with E-state index in [1.54, 1.807) is 0 Å². The van der Waals surface area contributed by atoms with Crippen LogP contribution in [0.3, 0.4) is 0 Å². The maximum absolute atomic E-state index is 12.4. The summed E-state index contributed by atoms with van der Waals surface area (Å²) in [5.41, 5.74) is 3.79. The second-order valence-electron chi connectivity index (χ2n) is 9.16. The van der Waals surface area contributed by atoms with Crippen LogP contribution in [0.1, 0.15) is 50.0 Å². The van der Waals surface area contributed by atoms with Crippen molar-refractivity contribution >= 4 is 23.2 Å². The highest BCUT2D eigenvalue weighted by molar-refractivity contribution is 6.04. The van der Waals surface area contributed by atoms with Crippen molar-refractivity contribution in [2.45, 2.75) is 40.5 Å². The Bertz CT molecular complexity index is 859. The van der Waals surface area contributed by atoms with Crippen LogP contribution in [-0.2, 0) is 11.2 Å². The maximum Gasteiger partial charge on any atom is 0.255 e. The van der Waals surface area contributed by atoms with E-state index >= 15 is 0 Å². The number of nitrogens with zero attached hydrogens (tertiary/aromatic N) is 2. The van der Waals surface area contributed by atoms with Gasteiger partial charge in [-0.25, -0.2) is 0 Å². The number of hydrogen-bond acceptors (Lipinski definition) is 3. The van der Waals surface area contributed by atoms with E-state index in [2.05, 4.69) is 37.9 Å². The van der Waals surface area contributed by atoms with Crippen LogP contribution in [0.25, 0.3) is 0 Å². The quantitative estimate of drug-likeness (QED) is 0.789. The zero-order valence-electron chi connectivity index (χ0n) is 18.6. The van der Waals surface area contributed by atoms with E-state index in [-0.39, 0.29) is 17.2 Å². The number of amides is 2. The Balaban J connectivity index is 1.53. The number of nitrogens with one attached hydrogen (secondary N) is 1. The van der Waals surface area contributed by atoms with Crippen LogP contribution in [0.15, 0.2) is 48.5 Å². The number of piperazine rings is 1. The molecule has 2 aromatic carbocycles. The molecule has 5 heteroatoms. The Morgan fingerprint density at radius 1 is 0.900 bits per heavy atom. The van der Waals surface area contributed by atoms with E-state index < -0.39 is 0 Å². The number of benzene rings is 2. The van der Waals surface area contributed by atoms with Gasteiger partial charge in [0.1, 0.15) is 0 Å². The molecule has 0 radical (unpaired) electrons. The monoisotopic (exact) mass is 407 g/mol.